The molecule has 27 heavy (non-hydrogen) atoms. The van der Waals surface area contributed by atoms with E-state index in [9.17, 15) is 14.4 Å². The molecule has 2 heterocycles. The third kappa shape index (κ3) is 6.82. The van der Waals surface area contributed by atoms with Crippen molar-refractivity contribution in [2.75, 3.05) is 46.8 Å². The normalized spacial score (nSPS) is 19.5. The van der Waals surface area contributed by atoms with Crippen LogP contribution in [-0.4, -0.2) is 97.3 Å². The molecule has 0 saturated carbocycles. The van der Waals surface area contributed by atoms with Crippen molar-refractivity contribution in [3.05, 3.63) is 0 Å². The average molecular weight is 494 g/mol. The Balaban J connectivity index is 0.00000364. The lowest BCUT2D eigenvalue weighted by atomic mass is 10.1. The highest BCUT2D eigenvalue weighted by atomic mass is 127. The summed E-state index contributed by atoms with van der Waals surface area (Å²) in [5, 5.41) is 5.88. The van der Waals surface area contributed by atoms with Crippen LogP contribution < -0.4 is 10.6 Å². The van der Waals surface area contributed by atoms with Crippen molar-refractivity contribution in [2.45, 2.75) is 38.8 Å². The van der Waals surface area contributed by atoms with Crippen LogP contribution in [0.25, 0.3) is 0 Å². The topological polar surface area (TPSA) is 97.3 Å². The Morgan fingerprint density at radius 2 is 2.00 bits per heavy atom. The summed E-state index contributed by atoms with van der Waals surface area (Å²) in [5.74, 6) is 0.519. The second kappa shape index (κ2) is 10.7. The Labute approximate surface area is 177 Å². The van der Waals surface area contributed by atoms with Crippen LogP contribution in [0.15, 0.2) is 4.99 Å². The number of nitrogens with zero attached hydrogens (tertiary/aromatic N) is 4. The smallest absolute Gasteiger partial charge is 0.242 e. The zero-order chi connectivity index (χ0) is 19.3. The molecule has 3 amide bonds. The maximum absolute atomic E-state index is 11.9. The van der Waals surface area contributed by atoms with Crippen LogP contribution in [0.2, 0.25) is 0 Å². The van der Waals surface area contributed by atoms with Crippen molar-refractivity contribution < 1.29 is 14.4 Å². The molecular formula is C17H31IN6O3. The van der Waals surface area contributed by atoms with Gasteiger partial charge in [-0.05, 0) is 20.3 Å². The molecule has 2 aliphatic heterocycles. The minimum atomic E-state index is -0.159. The SMILES string of the molecule is CC(C)NC(=O)CN=C(NCC(=O)N(C)C)N1CCN2C(=O)CCC2C1.I. The summed E-state index contributed by atoms with van der Waals surface area (Å²) >= 11 is 0. The molecule has 9 nitrogen and oxygen atoms in total. The van der Waals surface area contributed by atoms with Crippen LogP contribution in [0.4, 0.5) is 0 Å². The molecule has 0 aromatic carbocycles. The van der Waals surface area contributed by atoms with Crippen LogP contribution in [0.1, 0.15) is 26.7 Å². The summed E-state index contributed by atoms with van der Waals surface area (Å²) in [6, 6.07) is 0.231. The molecule has 0 aromatic rings. The molecule has 1 unspecified atom stereocenters. The Morgan fingerprint density at radius 3 is 2.63 bits per heavy atom. The van der Waals surface area contributed by atoms with E-state index in [0.717, 1.165) is 6.42 Å². The number of aliphatic imine (C=N–C) groups is 1. The number of guanidine groups is 1. The van der Waals surface area contributed by atoms with E-state index in [0.29, 0.717) is 32.0 Å². The average Bonchev–Trinajstić information content (AvgIpc) is 2.94. The number of amides is 3. The van der Waals surface area contributed by atoms with Gasteiger partial charge in [0, 0.05) is 52.2 Å². The number of hydrogen-bond acceptors (Lipinski definition) is 4. The molecule has 154 valence electrons. The lowest BCUT2D eigenvalue weighted by Gasteiger charge is -2.39. The molecule has 2 rings (SSSR count). The van der Waals surface area contributed by atoms with Gasteiger partial charge in [0.25, 0.3) is 0 Å². The van der Waals surface area contributed by atoms with Gasteiger partial charge in [0.15, 0.2) is 5.96 Å². The van der Waals surface area contributed by atoms with E-state index in [1.54, 1.807) is 14.1 Å². The zero-order valence-corrected chi connectivity index (χ0v) is 18.9. The lowest BCUT2D eigenvalue weighted by molar-refractivity contribution is -0.130. The number of carbonyl (C=O) groups excluding carboxylic acids is 3. The molecule has 0 spiro atoms. The molecule has 2 N–H and O–H groups in total. The van der Waals surface area contributed by atoms with Crippen LogP contribution >= 0.6 is 24.0 Å². The van der Waals surface area contributed by atoms with Crippen molar-refractivity contribution in [1.29, 1.82) is 0 Å². The van der Waals surface area contributed by atoms with Crippen molar-refractivity contribution >= 4 is 47.7 Å². The summed E-state index contributed by atoms with van der Waals surface area (Å²) in [4.78, 5) is 45.5. The van der Waals surface area contributed by atoms with E-state index in [1.807, 2.05) is 23.6 Å². The van der Waals surface area contributed by atoms with Crippen LogP contribution in [0.5, 0.6) is 0 Å². The van der Waals surface area contributed by atoms with E-state index in [2.05, 4.69) is 15.6 Å². The first-order valence-electron chi connectivity index (χ1n) is 9.10. The van der Waals surface area contributed by atoms with E-state index >= 15 is 0 Å². The fourth-order valence-corrected chi connectivity index (χ4v) is 3.15. The Bertz CT molecular complexity index is 581. The number of likely N-dealkylation sites (N-methyl/N-ethyl adjacent to an activating group) is 1. The van der Waals surface area contributed by atoms with Gasteiger partial charge in [-0.15, -0.1) is 24.0 Å². The maximum Gasteiger partial charge on any atom is 0.242 e. The summed E-state index contributed by atoms with van der Waals surface area (Å²) in [6.45, 7) is 5.85. The van der Waals surface area contributed by atoms with Gasteiger partial charge in [0.05, 0.1) is 6.54 Å². The molecular weight excluding hydrogens is 463 g/mol. The van der Waals surface area contributed by atoms with Crippen LogP contribution in [0.3, 0.4) is 0 Å². The molecule has 1 atom stereocenters. The van der Waals surface area contributed by atoms with Crippen LogP contribution in [-0.2, 0) is 14.4 Å². The first-order chi connectivity index (χ1) is 12.3. The van der Waals surface area contributed by atoms with Crippen LogP contribution in [0, 0.1) is 0 Å². The number of carbonyl (C=O) groups is 3. The van der Waals surface area contributed by atoms with Gasteiger partial charge < -0.3 is 25.3 Å². The minimum Gasteiger partial charge on any atom is -0.352 e. The third-order valence-corrected chi connectivity index (χ3v) is 4.51. The molecule has 0 bridgehead atoms. The predicted octanol–water partition coefficient (Wildman–Crippen LogP) is -0.531. The summed E-state index contributed by atoms with van der Waals surface area (Å²) in [7, 11) is 3.39. The highest BCUT2D eigenvalue weighted by Crippen LogP contribution is 2.22. The summed E-state index contributed by atoms with van der Waals surface area (Å²) < 4.78 is 0. The molecule has 10 heteroatoms. The lowest BCUT2D eigenvalue weighted by Crippen LogP contribution is -2.56. The fraction of sp³-hybridized carbons (Fsp3) is 0.765. The monoisotopic (exact) mass is 494 g/mol. The van der Waals surface area contributed by atoms with Gasteiger partial charge in [0.1, 0.15) is 6.54 Å². The number of hydrogen-bond donors (Lipinski definition) is 2. The molecule has 2 fully saturated rings. The van der Waals surface area contributed by atoms with Crippen molar-refractivity contribution in [3.63, 3.8) is 0 Å². The quantitative estimate of drug-likeness (QED) is 0.305. The molecule has 2 aliphatic rings. The first kappa shape index (κ1) is 23.4. The molecule has 2 saturated heterocycles. The van der Waals surface area contributed by atoms with Gasteiger partial charge in [-0.2, -0.15) is 0 Å². The fourth-order valence-electron chi connectivity index (χ4n) is 3.15. The number of piperazine rings is 1. The number of halogens is 1. The van der Waals surface area contributed by atoms with Crippen molar-refractivity contribution in [3.8, 4) is 0 Å². The maximum atomic E-state index is 11.9. The van der Waals surface area contributed by atoms with Crippen molar-refractivity contribution in [1.82, 2.24) is 25.3 Å². The van der Waals surface area contributed by atoms with E-state index in [-0.39, 0.29) is 66.9 Å². The van der Waals surface area contributed by atoms with Gasteiger partial charge in [-0.3, -0.25) is 14.4 Å². The molecule has 0 aliphatic carbocycles. The highest BCUT2D eigenvalue weighted by Gasteiger charge is 2.36. The Hall–Kier alpha value is -1.59. The highest BCUT2D eigenvalue weighted by molar-refractivity contribution is 14.0. The van der Waals surface area contributed by atoms with Gasteiger partial charge in [-0.1, -0.05) is 0 Å². The predicted molar refractivity (Wildman–Crippen MR) is 114 cm³/mol. The zero-order valence-electron chi connectivity index (χ0n) is 16.5. The molecule has 0 aromatic heterocycles. The van der Waals surface area contributed by atoms with Gasteiger partial charge >= 0.3 is 0 Å². The molecule has 0 radical (unpaired) electrons. The van der Waals surface area contributed by atoms with Gasteiger partial charge in [-0.25, -0.2) is 4.99 Å². The van der Waals surface area contributed by atoms with Crippen molar-refractivity contribution in [2.24, 2.45) is 4.99 Å². The van der Waals surface area contributed by atoms with E-state index < -0.39 is 0 Å². The Morgan fingerprint density at radius 1 is 1.30 bits per heavy atom. The second-order valence-electron chi connectivity index (χ2n) is 7.23. The number of nitrogens with one attached hydrogen (secondary N) is 2. The van der Waals surface area contributed by atoms with Gasteiger partial charge in [0.2, 0.25) is 17.7 Å². The summed E-state index contributed by atoms with van der Waals surface area (Å²) in [6.07, 6.45) is 1.43. The van der Waals surface area contributed by atoms with E-state index in [4.69, 9.17) is 0 Å². The number of rotatable bonds is 5. The second-order valence-corrected chi connectivity index (χ2v) is 7.23. The standard InChI is InChI=1S/C17H30N6O3.HI/c1-12(2)20-14(24)9-18-17(19-10-16(26)21(3)4)22-7-8-23-13(11-22)5-6-15(23)25;/h12-13H,5-11H2,1-4H3,(H,18,19)(H,20,24);1H. The number of fused-ring (bicyclic) bond motifs is 1. The largest absolute Gasteiger partial charge is 0.352 e. The third-order valence-electron chi connectivity index (χ3n) is 4.51. The minimum absolute atomic E-state index is 0. The Kier molecular flexibility index (Phi) is 9.27. The summed E-state index contributed by atoms with van der Waals surface area (Å²) in [5.41, 5.74) is 0. The first-order valence-corrected chi connectivity index (χ1v) is 9.10. The van der Waals surface area contributed by atoms with E-state index in [1.165, 1.54) is 4.90 Å².